The van der Waals surface area contributed by atoms with Gasteiger partial charge < -0.3 is 29.2 Å². The Labute approximate surface area is 206 Å². The number of ether oxygens (including phenoxy) is 4. The molecule has 7 atom stereocenters. The van der Waals surface area contributed by atoms with Crippen molar-refractivity contribution in [3.05, 3.63) is 47.8 Å². The highest BCUT2D eigenvalue weighted by molar-refractivity contribution is 5.68. The highest BCUT2D eigenvalue weighted by atomic mass is 16.7. The molecule has 0 radical (unpaired) electrons. The topological polar surface area (TPSA) is 129 Å². The second kappa shape index (κ2) is 12.2. The van der Waals surface area contributed by atoms with Crippen LogP contribution in [0.3, 0.4) is 0 Å². The van der Waals surface area contributed by atoms with Crippen molar-refractivity contribution in [2.75, 3.05) is 0 Å². The highest BCUT2D eigenvalue weighted by Crippen LogP contribution is 2.44. The van der Waals surface area contributed by atoms with Crippen molar-refractivity contribution in [1.82, 2.24) is 0 Å². The van der Waals surface area contributed by atoms with Gasteiger partial charge in [0.2, 0.25) is 6.29 Å². The van der Waals surface area contributed by atoms with E-state index < -0.39 is 60.4 Å². The van der Waals surface area contributed by atoms with Crippen LogP contribution in [0.5, 0.6) is 0 Å². The van der Waals surface area contributed by atoms with E-state index in [4.69, 9.17) is 18.9 Å². The molecule has 0 bridgehead atoms. The first-order valence-electron chi connectivity index (χ1n) is 11.5. The lowest BCUT2D eigenvalue weighted by Crippen LogP contribution is -2.45. The summed E-state index contributed by atoms with van der Waals surface area (Å²) in [7, 11) is 0. The average molecular weight is 493 g/mol. The van der Waals surface area contributed by atoms with E-state index in [9.17, 15) is 24.6 Å². The summed E-state index contributed by atoms with van der Waals surface area (Å²) in [4.78, 5) is 35.8. The van der Waals surface area contributed by atoms with E-state index in [2.05, 4.69) is 13.2 Å². The van der Waals surface area contributed by atoms with Gasteiger partial charge in [-0.3, -0.25) is 14.4 Å². The number of fused-ring (bicyclic) bond motifs is 1. The zero-order chi connectivity index (χ0) is 26.4. The maximum Gasteiger partial charge on any atom is 0.305 e. The Balaban J connectivity index is 2.64. The van der Waals surface area contributed by atoms with Gasteiger partial charge in [0, 0.05) is 32.3 Å². The third-order valence-corrected chi connectivity index (χ3v) is 6.00. The number of hydrogen-bond donors (Lipinski definition) is 2. The summed E-state index contributed by atoms with van der Waals surface area (Å²) in [5, 5.41) is 21.0. The number of allylic oxidation sites excluding steroid dienone is 1. The van der Waals surface area contributed by atoms with Gasteiger partial charge in [0.1, 0.15) is 6.10 Å². The summed E-state index contributed by atoms with van der Waals surface area (Å²) < 4.78 is 22.4. The summed E-state index contributed by atoms with van der Waals surface area (Å²) in [6.45, 7) is 15.4. The first kappa shape index (κ1) is 28.3. The normalized spacial score (nSPS) is 28.4. The van der Waals surface area contributed by atoms with Gasteiger partial charge in [-0.2, -0.15) is 0 Å². The van der Waals surface area contributed by atoms with Gasteiger partial charge in [-0.1, -0.05) is 24.3 Å². The first-order valence-corrected chi connectivity index (χ1v) is 11.5. The number of carbonyl (C=O) groups is 3. The van der Waals surface area contributed by atoms with Crippen molar-refractivity contribution in [2.24, 2.45) is 11.8 Å². The van der Waals surface area contributed by atoms with Crippen molar-refractivity contribution in [3.63, 3.8) is 0 Å². The van der Waals surface area contributed by atoms with Crippen molar-refractivity contribution in [1.29, 1.82) is 0 Å². The van der Waals surface area contributed by atoms with Gasteiger partial charge in [-0.05, 0) is 44.8 Å². The molecule has 35 heavy (non-hydrogen) atoms. The van der Waals surface area contributed by atoms with Crippen LogP contribution in [0.4, 0.5) is 0 Å². The molecule has 194 valence electrons. The molecule has 1 aliphatic heterocycles. The molecule has 0 amide bonds. The number of aliphatic hydroxyl groups is 2. The van der Waals surface area contributed by atoms with E-state index in [1.807, 2.05) is 13.8 Å². The Hall–Kier alpha value is -2.91. The van der Waals surface area contributed by atoms with Gasteiger partial charge in [0.25, 0.3) is 0 Å². The van der Waals surface area contributed by atoms with Gasteiger partial charge in [0.05, 0.1) is 18.3 Å². The van der Waals surface area contributed by atoms with Crippen LogP contribution in [0.1, 0.15) is 53.9 Å². The Morgan fingerprint density at radius 2 is 1.66 bits per heavy atom. The molecule has 1 saturated carbocycles. The van der Waals surface area contributed by atoms with Crippen LogP contribution in [0.15, 0.2) is 47.8 Å². The Kier molecular flexibility index (Phi) is 9.85. The molecular formula is C26H36O9. The van der Waals surface area contributed by atoms with Gasteiger partial charge >= 0.3 is 17.9 Å². The monoisotopic (exact) mass is 492 g/mol. The smallest absolute Gasteiger partial charge is 0.305 e. The molecule has 0 aromatic rings. The molecule has 0 saturated heterocycles. The molecule has 2 rings (SSSR count). The molecular weight excluding hydrogens is 456 g/mol. The summed E-state index contributed by atoms with van der Waals surface area (Å²) in [6, 6.07) is 0. The minimum Gasteiger partial charge on any atom is -0.462 e. The molecule has 2 aliphatic rings. The van der Waals surface area contributed by atoms with Crippen LogP contribution in [-0.2, 0) is 33.3 Å². The SMILES string of the molecule is C=C1C[C@@H](O)[C@H](O)C(=C)CC[C@@H]2C([C@@H](OC(C)=O)[C@H](C=C(C)C)OC(C)=O)=CO[C@H](OC(C)=O)[C@@H]12. The quantitative estimate of drug-likeness (QED) is 0.327. The second-order valence-electron chi connectivity index (χ2n) is 9.28. The molecule has 1 aliphatic carbocycles. The largest absolute Gasteiger partial charge is 0.462 e. The minimum atomic E-state index is -1.16. The number of hydrogen-bond acceptors (Lipinski definition) is 9. The molecule has 9 nitrogen and oxygen atoms in total. The summed E-state index contributed by atoms with van der Waals surface area (Å²) in [6.07, 6.45) is -1.55. The maximum atomic E-state index is 12.1. The van der Waals surface area contributed by atoms with Crippen LogP contribution in [0.2, 0.25) is 0 Å². The fourth-order valence-corrected chi connectivity index (χ4v) is 4.56. The summed E-state index contributed by atoms with van der Waals surface area (Å²) >= 11 is 0. The lowest BCUT2D eigenvalue weighted by Gasteiger charge is -2.41. The molecule has 0 aromatic heterocycles. The van der Waals surface area contributed by atoms with Crippen molar-refractivity contribution in [3.8, 4) is 0 Å². The standard InChI is InChI=1S/C26H36O9/c1-13(2)10-22(33-16(5)27)25(34-17(6)28)20-12-32-26(35-18(7)29)23-15(4)11-21(30)24(31)14(3)8-9-19(20)23/h10,12,19,21-26,30-31H,3-4,8-9,11H2,1-2,5-7H3/t19-,21-,22+,23+,24-,25-,26-/m1/s1. The third-order valence-electron chi connectivity index (χ3n) is 6.00. The van der Waals surface area contributed by atoms with E-state index >= 15 is 0 Å². The molecule has 0 aromatic carbocycles. The second-order valence-corrected chi connectivity index (χ2v) is 9.28. The Morgan fingerprint density at radius 1 is 1.03 bits per heavy atom. The van der Waals surface area contributed by atoms with Crippen LogP contribution in [0, 0.1) is 11.8 Å². The highest BCUT2D eigenvalue weighted by Gasteiger charge is 2.46. The van der Waals surface area contributed by atoms with Crippen LogP contribution in [-0.4, -0.2) is 58.8 Å². The first-order chi connectivity index (χ1) is 16.3. The Morgan fingerprint density at radius 3 is 2.20 bits per heavy atom. The molecule has 0 unspecified atom stereocenters. The maximum absolute atomic E-state index is 12.1. The predicted octanol–water partition coefficient (Wildman–Crippen LogP) is 2.87. The average Bonchev–Trinajstić information content (AvgIpc) is 2.76. The summed E-state index contributed by atoms with van der Waals surface area (Å²) in [5.74, 6) is -2.81. The zero-order valence-corrected chi connectivity index (χ0v) is 21.0. The molecule has 1 fully saturated rings. The van der Waals surface area contributed by atoms with Gasteiger partial charge in [-0.25, -0.2) is 0 Å². The van der Waals surface area contributed by atoms with E-state index in [1.54, 1.807) is 6.08 Å². The molecule has 1 heterocycles. The van der Waals surface area contributed by atoms with Crippen molar-refractivity contribution < 1.29 is 43.5 Å². The van der Waals surface area contributed by atoms with Crippen LogP contribution >= 0.6 is 0 Å². The number of rotatable bonds is 6. The molecule has 2 N–H and O–H groups in total. The Bertz CT molecular complexity index is 912. The zero-order valence-electron chi connectivity index (χ0n) is 21.0. The fraction of sp³-hybridized carbons (Fsp3) is 0.577. The van der Waals surface area contributed by atoms with E-state index in [-0.39, 0.29) is 6.42 Å². The van der Waals surface area contributed by atoms with E-state index in [1.165, 1.54) is 27.0 Å². The third kappa shape index (κ3) is 7.53. The van der Waals surface area contributed by atoms with Crippen LogP contribution < -0.4 is 0 Å². The van der Waals surface area contributed by atoms with Crippen molar-refractivity contribution >= 4 is 17.9 Å². The number of esters is 3. The molecule has 9 heteroatoms. The van der Waals surface area contributed by atoms with Crippen molar-refractivity contribution in [2.45, 2.75) is 84.6 Å². The van der Waals surface area contributed by atoms with Gasteiger partial charge in [0.15, 0.2) is 12.2 Å². The minimum absolute atomic E-state index is 0.00926. The van der Waals surface area contributed by atoms with Crippen LogP contribution in [0.25, 0.3) is 0 Å². The summed E-state index contributed by atoms with van der Waals surface area (Å²) in [5.41, 5.74) is 2.25. The predicted molar refractivity (Wildman–Crippen MR) is 126 cm³/mol. The van der Waals surface area contributed by atoms with E-state index in [0.29, 0.717) is 29.6 Å². The lowest BCUT2D eigenvalue weighted by atomic mass is 9.74. The molecule has 0 spiro atoms. The number of aliphatic hydroxyl groups excluding tert-OH is 2. The van der Waals surface area contributed by atoms with E-state index in [0.717, 1.165) is 5.57 Å². The lowest BCUT2D eigenvalue weighted by molar-refractivity contribution is -0.183. The van der Waals surface area contributed by atoms with Gasteiger partial charge in [-0.15, -0.1) is 0 Å². The fourth-order valence-electron chi connectivity index (χ4n) is 4.56. The number of carbonyl (C=O) groups excluding carboxylic acids is 3.